The van der Waals surface area contributed by atoms with E-state index in [0.717, 1.165) is 31.2 Å². The summed E-state index contributed by atoms with van der Waals surface area (Å²) in [7, 11) is 0. The molecule has 0 spiro atoms. The number of anilines is 1. The Kier molecular flexibility index (Phi) is 4.42. The minimum atomic E-state index is -0.494. The van der Waals surface area contributed by atoms with Crippen molar-refractivity contribution in [1.82, 2.24) is 9.78 Å². The van der Waals surface area contributed by atoms with Crippen molar-refractivity contribution < 1.29 is 4.79 Å². The molecule has 1 atom stereocenters. The predicted octanol–water partition coefficient (Wildman–Crippen LogP) is 3.86. The van der Waals surface area contributed by atoms with Crippen LogP contribution in [0.5, 0.6) is 0 Å². The Morgan fingerprint density at radius 1 is 1.52 bits per heavy atom. The summed E-state index contributed by atoms with van der Waals surface area (Å²) in [6.07, 6.45) is 5.81. The van der Waals surface area contributed by atoms with E-state index in [1.807, 2.05) is 0 Å². The van der Waals surface area contributed by atoms with Crippen molar-refractivity contribution in [2.75, 3.05) is 5.32 Å². The van der Waals surface area contributed by atoms with Crippen LogP contribution in [0.2, 0.25) is 5.02 Å². The zero-order chi connectivity index (χ0) is 16.6. The summed E-state index contributed by atoms with van der Waals surface area (Å²) in [6, 6.07) is 1.76. The molecule has 7 heteroatoms. The van der Waals surface area contributed by atoms with Crippen LogP contribution in [0.4, 0.5) is 5.00 Å². The van der Waals surface area contributed by atoms with E-state index in [4.69, 9.17) is 11.6 Å². The number of nitrogens with zero attached hydrogens (tertiary/aromatic N) is 3. The van der Waals surface area contributed by atoms with E-state index in [-0.39, 0.29) is 5.91 Å². The summed E-state index contributed by atoms with van der Waals surface area (Å²) in [4.78, 5) is 13.7. The van der Waals surface area contributed by atoms with Crippen LogP contribution in [0.25, 0.3) is 0 Å². The van der Waals surface area contributed by atoms with Gasteiger partial charge >= 0.3 is 0 Å². The van der Waals surface area contributed by atoms with Gasteiger partial charge in [0, 0.05) is 11.1 Å². The first kappa shape index (κ1) is 16.0. The number of fused-ring (bicyclic) bond motifs is 1. The largest absolute Gasteiger partial charge is 0.315 e. The molecular formula is C16H17ClN4OS. The molecule has 3 rings (SSSR count). The lowest BCUT2D eigenvalue weighted by Crippen LogP contribution is -2.24. The Bertz CT molecular complexity index is 782. The van der Waals surface area contributed by atoms with Crippen LogP contribution in [0.1, 0.15) is 47.5 Å². The number of nitrogens with one attached hydrogen (secondary N) is 1. The van der Waals surface area contributed by atoms with Crippen molar-refractivity contribution >= 4 is 33.8 Å². The number of amides is 1. The van der Waals surface area contributed by atoms with Crippen molar-refractivity contribution in [2.45, 2.75) is 45.6 Å². The fourth-order valence-corrected chi connectivity index (χ4v) is 4.15. The third-order valence-corrected chi connectivity index (χ3v) is 5.73. The van der Waals surface area contributed by atoms with E-state index in [1.165, 1.54) is 16.2 Å². The molecular weight excluding hydrogens is 332 g/mol. The average Bonchev–Trinajstić information content (AvgIpc) is 3.06. The number of carbonyl (C=O) groups excluding carboxylic acids is 1. The highest BCUT2D eigenvalue weighted by molar-refractivity contribution is 7.16. The molecule has 23 heavy (non-hydrogen) atoms. The van der Waals surface area contributed by atoms with Gasteiger partial charge in [-0.2, -0.15) is 10.4 Å². The molecule has 5 nitrogen and oxygen atoms in total. The summed E-state index contributed by atoms with van der Waals surface area (Å²) in [6.45, 7) is 3.56. The highest BCUT2D eigenvalue weighted by Gasteiger charge is 2.24. The van der Waals surface area contributed by atoms with E-state index in [2.05, 4.69) is 16.5 Å². The minimum absolute atomic E-state index is 0.195. The smallest absolute Gasteiger partial charge is 0.249 e. The summed E-state index contributed by atoms with van der Waals surface area (Å²) in [5, 5.41) is 17.8. The molecule has 1 unspecified atom stereocenters. The number of nitriles is 1. The number of hydrogen-bond acceptors (Lipinski definition) is 4. The SMILES string of the molecule is Cc1nn(C(C)C(=O)Nc2sc3c(c2C#N)CCCC3)cc1Cl. The van der Waals surface area contributed by atoms with Crippen LogP contribution in [-0.4, -0.2) is 15.7 Å². The number of thiophene rings is 1. The van der Waals surface area contributed by atoms with E-state index in [9.17, 15) is 10.1 Å². The number of aromatic nitrogens is 2. The molecule has 0 saturated heterocycles. The molecule has 0 fully saturated rings. The Hall–Kier alpha value is -1.84. The van der Waals surface area contributed by atoms with Crippen LogP contribution < -0.4 is 5.32 Å². The fraction of sp³-hybridized carbons (Fsp3) is 0.438. The lowest BCUT2D eigenvalue weighted by atomic mass is 9.96. The maximum Gasteiger partial charge on any atom is 0.249 e. The molecule has 0 saturated carbocycles. The monoisotopic (exact) mass is 348 g/mol. The standard InChI is InChI=1S/C16H17ClN4OS/c1-9-13(17)8-21(20-9)10(2)15(22)19-16-12(7-18)11-5-3-4-6-14(11)23-16/h8,10H,3-6H2,1-2H3,(H,19,22). The highest BCUT2D eigenvalue weighted by atomic mass is 35.5. The molecule has 2 aromatic heterocycles. The summed E-state index contributed by atoms with van der Waals surface area (Å²) >= 11 is 7.52. The molecule has 1 aliphatic rings. The summed E-state index contributed by atoms with van der Waals surface area (Å²) < 4.78 is 1.55. The number of carbonyl (C=O) groups is 1. The van der Waals surface area contributed by atoms with Gasteiger partial charge in [-0.15, -0.1) is 11.3 Å². The Balaban J connectivity index is 1.83. The van der Waals surface area contributed by atoms with Crippen LogP contribution in [0, 0.1) is 18.3 Å². The minimum Gasteiger partial charge on any atom is -0.315 e. The summed E-state index contributed by atoms with van der Waals surface area (Å²) in [5.41, 5.74) is 2.43. The van der Waals surface area contributed by atoms with Crippen LogP contribution >= 0.6 is 22.9 Å². The van der Waals surface area contributed by atoms with Crippen molar-refractivity contribution in [3.63, 3.8) is 0 Å². The van der Waals surface area contributed by atoms with Gasteiger partial charge in [-0.05, 0) is 45.1 Å². The van der Waals surface area contributed by atoms with E-state index in [1.54, 1.807) is 24.7 Å². The Labute approximate surface area is 143 Å². The highest BCUT2D eigenvalue weighted by Crippen LogP contribution is 2.37. The Morgan fingerprint density at radius 2 is 2.26 bits per heavy atom. The lowest BCUT2D eigenvalue weighted by molar-refractivity contribution is -0.119. The first-order chi connectivity index (χ1) is 11.0. The van der Waals surface area contributed by atoms with Gasteiger partial charge in [-0.25, -0.2) is 0 Å². The van der Waals surface area contributed by atoms with Gasteiger partial charge in [0.2, 0.25) is 5.91 Å². The predicted molar refractivity (Wildman–Crippen MR) is 91.0 cm³/mol. The molecule has 2 heterocycles. The summed E-state index contributed by atoms with van der Waals surface area (Å²) in [5.74, 6) is -0.195. The van der Waals surface area contributed by atoms with Gasteiger partial charge in [0.25, 0.3) is 0 Å². The van der Waals surface area contributed by atoms with Crippen LogP contribution in [0.3, 0.4) is 0 Å². The van der Waals surface area contributed by atoms with Crippen molar-refractivity contribution in [3.8, 4) is 6.07 Å². The van der Waals surface area contributed by atoms with Gasteiger partial charge in [0.05, 0.1) is 16.3 Å². The lowest BCUT2D eigenvalue weighted by Gasteiger charge is -2.12. The van der Waals surface area contributed by atoms with Gasteiger partial charge in [0.1, 0.15) is 17.1 Å². The molecule has 2 aromatic rings. The molecule has 1 amide bonds. The van der Waals surface area contributed by atoms with Gasteiger partial charge in [0.15, 0.2) is 0 Å². The zero-order valence-electron chi connectivity index (χ0n) is 13.0. The third kappa shape index (κ3) is 2.99. The topological polar surface area (TPSA) is 70.7 Å². The number of aryl methyl sites for hydroxylation is 2. The van der Waals surface area contributed by atoms with Crippen molar-refractivity contribution in [2.24, 2.45) is 0 Å². The quantitative estimate of drug-likeness (QED) is 0.915. The normalized spacial score (nSPS) is 14.9. The molecule has 1 aliphatic carbocycles. The maximum absolute atomic E-state index is 12.5. The fourth-order valence-electron chi connectivity index (χ4n) is 2.77. The van der Waals surface area contributed by atoms with Crippen LogP contribution in [-0.2, 0) is 17.6 Å². The number of hydrogen-bond donors (Lipinski definition) is 1. The average molecular weight is 349 g/mol. The van der Waals surface area contributed by atoms with Gasteiger partial charge in [-0.1, -0.05) is 11.6 Å². The first-order valence-corrected chi connectivity index (χ1v) is 8.77. The van der Waals surface area contributed by atoms with Gasteiger partial charge < -0.3 is 5.32 Å². The molecule has 1 N–H and O–H groups in total. The second kappa shape index (κ2) is 6.34. The number of rotatable bonds is 3. The van der Waals surface area contributed by atoms with E-state index in [0.29, 0.717) is 21.3 Å². The van der Waals surface area contributed by atoms with E-state index >= 15 is 0 Å². The van der Waals surface area contributed by atoms with Crippen molar-refractivity contribution in [3.05, 3.63) is 32.9 Å². The van der Waals surface area contributed by atoms with Crippen molar-refractivity contribution in [1.29, 1.82) is 5.26 Å². The molecule has 0 aliphatic heterocycles. The molecule has 0 bridgehead atoms. The second-order valence-electron chi connectivity index (χ2n) is 5.73. The van der Waals surface area contributed by atoms with Gasteiger partial charge in [-0.3, -0.25) is 9.48 Å². The molecule has 120 valence electrons. The number of halogens is 1. The maximum atomic E-state index is 12.5. The molecule has 0 radical (unpaired) electrons. The molecule has 0 aromatic carbocycles. The van der Waals surface area contributed by atoms with E-state index < -0.39 is 6.04 Å². The van der Waals surface area contributed by atoms with Crippen LogP contribution in [0.15, 0.2) is 6.20 Å². The first-order valence-electron chi connectivity index (χ1n) is 7.58. The zero-order valence-corrected chi connectivity index (χ0v) is 14.6. The second-order valence-corrected chi connectivity index (χ2v) is 7.25. The Morgan fingerprint density at radius 3 is 2.91 bits per heavy atom. The third-order valence-electron chi connectivity index (χ3n) is 4.15.